The van der Waals surface area contributed by atoms with Crippen molar-refractivity contribution in [3.63, 3.8) is 0 Å². The largest absolute Gasteiger partial charge is 0.351 e. The summed E-state index contributed by atoms with van der Waals surface area (Å²) in [4.78, 5) is 1.67. The highest BCUT2D eigenvalue weighted by atomic mass is 35.5. The number of para-hydroxylation sites is 1. The van der Waals surface area contributed by atoms with Crippen LogP contribution >= 0.6 is 23.4 Å². The predicted octanol–water partition coefficient (Wildman–Crippen LogP) is 2.88. The third-order valence-corrected chi connectivity index (χ3v) is 6.98. The van der Waals surface area contributed by atoms with E-state index < -0.39 is 21.0 Å². The second kappa shape index (κ2) is 6.54. The van der Waals surface area contributed by atoms with Crippen molar-refractivity contribution in [1.29, 1.82) is 0 Å². The van der Waals surface area contributed by atoms with E-state index in [4.69, 9.17) is 11.6 Å². The van der Waals surface area contributed by atoms with Crippen LogP contribution in [0.5, 0.6) is 0 Å². The van der Waals surface area contributed by atoms with E-state index in [1.807, 2.05) is 0 Å². The van der Waals surface area contributed by atoms with Crippen LogP contribution in [-0.4, -0.2) is 37.6 Å². The van der Waals surface area contributed by atoms with Crippen molar-refractivity contribution < 1.29 is 12.8 Å². The fourth-order valence-corrected chi connectivity index (χ4v) is 5.51. The number of nitrogens with zero attached hydrogens (tertiary/aromatic N) is 1. The summed E-state index contributed by atoms with van der Waals surface area (Å²) in [5.74, 6) is 1.05. The normalized spacial score (nSPS) is 20.1. The van der Waals surface area contributed by atoms with Crippen molar-refractivity contribution in [2.45, 2.75) is 18.2 Å². The maximum atomic E-state index is 14.2. The average Bonchev–Trinajstić information content (AvgIpc) is 2.47. The van der Waals surface area contributed by atoms with Gasteiger partial charge in [0.15, 0.2) is 9.84 Å². The first-order valence-electron chi connectivity index (χ1n) is 6.40. The Morgan fingerprint density at radius 2 is 2.25 bits per heavy atom. The molecule has 1 atom stereocenters. The van der Waals surface area contributed by atoms with Gasteiger partial charge >= 0.3 is 0 Å². The van der Waals surface area contributed by atoms with E-state index >= 15 is 0 Å². The SMILES string of the molecule is CCS(=O)(=O)C1CSCCN1c1c(F)cccc1CCl. The lowest BCUT2D eigenvalue weighted by Gasteiger charge is -2.37. The van der Waals surface area contributed by atoms with Crippen LogP contribution in [0.25, 0.3) is 0 Å². The fraction of sp³-hybridized carbons (Fsp3) is 0.538. The van der Waals surface area contributed by atoms with Gasteiger partial charge in [0.25, 0.3) is 0 Å². The number of rotatable bonds is 4. The van der Waals surface area contributed by atoms with Gasteiger partial charge in [0.2, 0.25) is 0 Å². The van der Waals surface area contributed by atoms with E-state index in [9.17, 15) is 12.8 Å². The summed E-state index contributed by atoms with van der Waals surface area (Å²) in [6.07, 6.45) is 0. The predicted molar refractivity (Wildman–Crippen MR) is 83.9 cm³/mol. The monoisotopic (exact) mass is 337 g/mol. The molecule has 0 aromatic heterocycles. The number of alkyl halides is 1. The molecular formula is C13H17ClFNO2S2. The second-order valence-corrected chi connectivity index (χ2v) is 8.42. The standard InChI is InChI=1S/C13H17ClFNO2S2/c1-2-20(17,18)12-9-19-7-6-16(12)13-10(8-14)4-3-5-11(13)15/h3-5,12H,2,6-9H2,1H3. The van der Waals surface area contributed by atoms with Crippen LogP contribution in [0.4, 0.5) is 10.1 Å². The highest BCUT2D eigenvalue weighted by Gasteiger charge is 2.35. The summed E-state index contributed by atoms with van der Waals surface area (Å²) < 4.78 is 38.7. The maximum Gasteiger partial charge on any atom is 0.171 e. The minimum atomic E-state index is -3.26. The summed E-state index contributed by atoms with van der Waals surface area (Å²) >= 11 is 7.46. The molecule has 0 aliphatic carbocycles. The molecule has 0 spiro atoms. The Bertz CT molecular complexity index is 580. The molecule has 112 valence electrons. The Morgan fingerprint density at radius 1 is 1.50 bits per heavy atom. The van der Waals surface area contributed by atoms with Crippen LogP contribution in [0.15, 0.2) is 18.2 Å². The summed E-state index contributed by atoms with van der Waals surface area (Å²) in [6, 6.07) is 4.68. The minimum Gasteiger partial charge on any atom is -0.351 e. The zero-order valence-electron chi connectivity index (χ0n) is 11.2. The van der Waals surface area contributed by atoms with E-state index in [1.165, 1.54) is 6.07 Å². The molecule has 0 bridgehead atoms. The molecule has 1 aromatic rings. The fourth-order valence-electron chi connectivity index (χ4n) is 2.32. The van der Waals surface area contributed by atoms with Gasteiger partial charge < -0.3 is 4.90 Å². The molecule has 0 amide bonds. The zero-order valence-corrected chi connectivity index (χ0v) is 13.6. The number of hydrogen-bond donors (Lipinski definition) is 0. The summed E-state index contributed by atoms with van der Waals surface area (Å²) in [5.41, 5.74) is 0.972. The molecular weight excluding hydrogens is 321 g/mol. The third-order valence-electron chi connectivity index (χ3n) is 3.40. The maximum absolute atomic E-state index is 14.2. The molecule has 1 aliphatic heterocycles. The van der Waals surface area contributed by atoms with Gasteiger partial charge in [-0.3, -0.25) is 0 Å². The molecule has 1 saturated heterocycles. The Hall–Kier alpha value is -0.460. The Balaban J connectivity index is 2.48. The van der Waals surface area contributed by atoms with Crippen molar-refractivity contribution in [2.24, 2.45) is 0 Å². The van der Waals surface area contributed by atoms with Crippen LogP contribution < -0.4 is 4.90 Å². The smallest absolute Gasteiger partial charge is 0.171 e. The number of sulfone groups is 1. The Kier molecular flexibility index (Phi) is 5.20. The van der Waals surface area contributed by atoms with Gasteiger partial charge in [-0.2, -0.15) is 11.8 Å². The van der Waals surface area contributed by atoms with Crippen LogP contribution in [0, 0.1) is 5.82 Å². The molecule has 1 fully saturated rings. The van der Waals surface area contributed by atoms with E-state index in [2.05, 4.69) is 0 Å². The van der Waals surface area contributed by atoms with Crippen LogP contribution in [0.3, 0.4) is 0 Å². The molecule has 7 heteroatoms. The molecule has 1 unspecified atom stereocenters. The van der Waals surface area contributed by atoms with Crippen LogP contribution in [-0.2, 0) is 15.7 Å². The van der Waals surface area contributed by atoms with Gasteiger partial charge in [-0.05, 0) is 11.6 Å². The minimum absolute atomic E-state index is 0.0549. The van der Waals surface area contributed by atoms with Gasteiger partial charge in [0.1, 0.15) is 11.2 Å². The molecule has 1 aliphatic rings. The molecule has 1 heterocycles. The van der Waals surface area contributed by atoms with Gasteiger partial charge in [0.05, 0.1) is 5.69 Å². The highest BCUT2D eigenvalue weighted by molar-refractivity contribution is 8.01. The van der Waals surface area contributed by atoms with Crippen molar-refractivity contribution in [1.82, 2.24) is 0 Å². The third kappa shape index (κ3) is 3.07. The quantitative estimate of drug-likeness (QED) is 0.792. The van der Waals surface area contributed by atoms with E-state index in [-0.39, 0.29) is 11.6 Å². The lowest BCUT2D eigenvalue weighted by atomic mass is 10.1. The van der Waals surface area contributed by atoms with E-state index in [1.54, 1.807) is 35.7 Å². The van der Waals surface area contributed by atoms with Gasteiger partial charge in [-0.1, -0.05) is 19.1 Å². The van der Waals surface area contributed by atoms with Gasteiger partial charge in [-0.15, -0.1) is 11.6 Å². The molecule has 0 radical (unpaired) electrons. The first kappa shape index (κ1) is 15.9. The lowest BCUT2D eigenvalue weighted by Crippen LogP contribution is -2.48. The van der Waals surface area contributed by atoms with Crippen molar-refractivity contribution in [3.05, 3.63) is 29.6 Å². The number of thioether (sulfide) groups is 1. The van der Waals surface area contributed by atoms with Crippen molar-refractivity contribution in [3.8, 4) is 0 Å². The molecule has 0 N–H and O–H groups in total. The molecule has 3 nitrogen and oxygen atoms in total. The number of benzene rings is 1. The second-order valence-electron chi connectivity index (χ2n) is 4.56. The summed E-state index contributed by atoms with van der Waals surface area (Å²) in [5, 5.41) is -0.676. The Labute approximate surface area is 128 Å². The van der Waals surface area contributed by atoms with Gasteiger partial charge in [-0.25, -0.2) is 12.8 Å². The molecule has 20 heavy (non-hydrogen) atoms. The number of anilines is 1. The molecule has 2 rings (SSSR count). The van der Waals surface area contributed by atoms with Crippen LogP contribution in [0.2, 0.25) is 0 Å². The highest BCUT2D eigenvalue weighted by Crippen LogP contribution is 2.32. The topological polar surface area (TPSA) is 37.4 Å². The van der Waals surface area contributed by atoms with Crippen LogP contribution in [0.1, 0.15) is 12.5 Å². The Morgan fingerprint density at radius 3 is 2.90 bits per heavy atom. The van der Waals surface area contributed by atoms with Crippen molar-refractivity contribution in [2.75, 3.05) is 28.7 Å². The number of hydrogen-bond acceptors (Lipinski definition) is 4. The first-order valence-corrected chi connectivity index (χ1v) is 9.81. The number of halogens is 2. The summed E-state index contributed by atoms with van der Waals surface area (Å²) in [7, 11) is -3.26. The lowest BCUT2D eigenvalue weighted by molar-refractivity contribution is 0.574. The summed E-state index contributed by atoms with van der Waals surface area (Å²) in [6.45, 7) is 2.13. The van der Waals surface area contributed by atoms with Gasteiger partial charge in [0, 0.05) is 29.7 Å². The average molecular weight is 338 g/mol. The van der Waals surface area contributed by atoms with Crippen molar-refractivity contribution >= 4 is 38.9 Å². The molecule has 0 saturated carbocycles. The molecule has 1 aromatic carbocycles. The zero-order chi connectivity index (χ0) is 14.8. The van der Waals surface area contributed by atoms with E-state index in [0.29, 0.717) is 23.5 Å². The van der Waals surface area contributed by atoms with E-state index in [0.717, 1.165) is 5.75 Å². The first-order chi connectivity index (χ1) is 9.51.